The molecule has 0 aromatic heterocycles. The van der Waals surface area contributed by atoms with Crippen molar-refractivity contribution in [3.8, 4) is 0 Å². The molecule has 0 saturated carbocycles. The van der Waals surface area contributed by atoms with Crippen molar-refractivity contribution in [2.24, 2.45) is 0 Å². The molecule has 1 aliphatic heterocycles. The molecule has 1 fully saturated rings. The van der Waals surface area contributed by atoms with Gasteiger partial charge < -0.3 is 19.1 Å². The average Bonchev–Trinajstić information content (AvgIpc) is 3.05. The third-order valence-electron chi connectivity index (χ3n) is 2.52. The second-order valence-corrected chi connectivity index (χ2v) is 3.92. The monoisotopic (exact) mass is 231 g/mol. The second-order valence-electron chi connectivity index (χ2n) is 3.92. The van der Waals surface area contributed by atoms with Gasteiger partial charge in [-0.3, -0.25) is 4.79 Å². The number of ether oxygens (including phenoxy) is 3. The van der Waals surface area contributed by atoms with Gasteiger partial charge in [-0.05, 0) is 6.92 Å². The van der Waals surface area contributed by atoms with Crippen molar-refractivity contribution in [2.45, 2.75) is 26.1 Å². The number of carbonyl (C=O) groups excluding carboxylic acids is 1. The topological polar surface area (TPSA) is 51.3 Å². The Morgan fingerprint density at radius 1 is 1.62 bits per heavy atom. The zero-order valence-corrected chi connectivity index (χ0v) is 10.3. The highest BCUT2D eigenvalue weighted by atomic mass is 16.6. The number of hydrogen-bond acceptors (Lipinski definition) is 4. The summed E-state index contributed by atoms with van der Waals surface area (Å²) in [6.45, 7) is 6.65. The van der Waals surface area contributed by atoms with Gasteiger partial charge in [-0.15, -0.1) is 0 Å². The molecule has 0 N–H and O–H groups in total. The summed E-state index contributed by atoms with van der Waals surface area (Å²) in [5.74, 6) is 0.0647. The maximum absolute atomic E-state index is 11.3. The molecule has 5 nitrogen and oxygen atoms in total. The third-order valence-corrected chi connectivity index (χ3v) is 2.52. The van der Waals surface area contributed by atoms with Gasteiger partial charge >= 0.3 is 0 Å². The maximum atomic E-state index is 11.3. The normalized spacial score (nSPS) is 20.6. The number of likely N-dealkylation sites (N-methyl/N-ethyl adjacent to an activating group) is 1. The molecule has 1 aliphatic rings. The molecule has 1 heterocycles. The van der Waals surface area contributed by atoms with E-state index in [1.807, 2.05) is 6.92 Å². The van der Waals surface area contributed by atoms with E-state index in [1.54, 1.807) is 18.9 Å². The third kappa shape index (κ3) is 4.92. The Bertz CT molecular complexity index is 218. The molecular weight excluding hydrogens is 210 g/mol. The fourth-order valence-electron chi connectivity index (χ4n) is 1.47. The molecule has 0 aromatic carbocycles. The van der Waals surface area contributed by atoms with Crippen LogP contribution in [0, 0.1) is 0 Å². The predicted octanol–water partition coefficient (Wildman–Crippen LogP) is 0.285. The van der Waals surface area contributed by atoms with Gasteiger partial charge in [-0.2, -0.15) is 0 Å². The second kappa shape index (κ2) is 6.83. The van der Waals surface area contributed by atoms with Gasteiger partial charge in [-0.25, -0.2) is 0 Å². The number of epoxide rings is 1. The van der Waals surface area contributed by atoms with Crippen molar-refractivity contribution >= 4 is 5.91 Å². The Morgan fingerprint density at radius 2 is 2.31 bits per heavy atom. The minimum absolute atomic E-state index is 0.0647. The smallest absolute Gasteiger partial charge is 0.219 e. The SMILES string of the molecule is CCN(CC(COC)OCC1CO1)C(C)=O. The molecule has 0 aliphatic carbocycles. The van der Waals surface area contributed by atoms with Crippen molar-refractivity contribution in [2.75, 3.05) is 40.0 Å². The Labute approximate surface area is 96.6 Å². The fourth-order valence-corrected chi connectivity index (χ4v) is 1.47. The number of carbonyl (C=O) groups is 1. The van der Waals surface area contributed by atoms with Crippen molar-refractivity contribution in [1.82, 2.24) is 4.90 Å². The lowest BCUT2D eigenvalue weighted by molar-refractivity contribution is -0.131. The molecule has 1 amide bonds. The Kier molecular flexibility index (Phi) is 5.73. The summed E-state index contributed by atoms with van der Waals surface area (Å²) >= 11 is 0. The van der Waals surface area contributed by atoms with E-state index >= 15 is 0 Å². The summed E-state index contributed by atoms with van der Waals surface area (Å²) in [7, 11) is 1.63. The molecule has 1 rings (SSSR count). The zero-order chi connectivity index (χ0) is 12.0. The molecule has 0 bridgehead atoms. The predicted molar refractivity (Wildman–Crippen MR) is 59.3 cm³/mol. The quantitative estimate of drug-likeness (QED) is 0.563. The van der Waals surface area contributed by atoms with Crippen LogP contribution >= 0.6 is 0 Å². The minimum atomic E-state index is -0.0713. The van der Waals surface area contributed by atoms with Crippen LogP contribution in [0.1, 0.15) is 13.8 Å². The summed E-state index contributed by atoms with van der Waals surface area (Å²) in [5.41, 5.74) is 0. The molecular formula is C11H21NO4. The van der Waals surface area contributed by atoms with Gasteiger partial charge in [0.25, 0.3) is 0 Å². The Hall–Kier alpha value is -0.650. The number of methoxy groups -OCH3 is 1. The molecule has 2 unspecified atom stereocenters. The van der Waals surface area contributed by atoms with Gasteiger partial charge in [0, 0.05) is 27.1 Å². The number of hydrogen-bond donors (Lipinski definition) is 0. The largest absolute Gasteiger partial charge is 0.382 e. The van der Waals surface area contributed by atoms with Crippen molar-refractivity contribution < 1.29 is 19.0 Å². The highest BCUT2D eigenvalue weighted by molar-refractivity contribution is 5.73. The molecule has 0 aromatic rings. The summed E-state index contributed by atoms with van der Waals surface area (Å²) in [4.78, 5) is 13.0. The Balaban J connectivity index is 2.31. The van der Waals surface area contributed by atoms with E-state index in [2.05, 4.69) is 0 Å². The standard InChI is InChI=1S/C11H21NO4/c1-4-12(9(2)13)5-10(6-14-3)15-7-11-8-16-11/h10-11H,4-8H2,1-3H3. The fraction of sp³-hybridized carbons (Fsp3) is 0.909. The number of nitrogens with zero attached hydrogens (tertiary/aromatic N) is 1. The van der Waals surface area contributed by atoms with Gasteiger partial charge in [0.2, 0.25) is 5.91 Å². The summed E-state index contributed by atoms with van der Waals surface area (Å²) in [6, 6.07) is 0. The van der Waals surface area contributed by atoms with E-state index < -0.39 is 0 Å². The van der Waals surface area contributed by atoms with Crippen molar-refractivity contribution in [3.05, 3.63) is 0 Å². The summed E-state index contributed by atoms with van der Waals surface area (Å²) in [6.07, 6.45) is 0.171. The highest BCUT2D eigenvalue weighted by Crippen LogP contribution is 2.10. The summed E-state index contributed by atoms with van der Waals surface area (Å²) in [5, 5.41) is 0. The van der Waals surface area contributed by atoms with E-state index in [-0.39, 0.29) is 18.1 Å². The molecule has 16 heavy (non-hydrogen) atoms. The molecule has 0 radical (unpaired) electrons. The molecule has 0 spiro atoms. The van der Waals surface area contributed by atoms with Crippen LogP contribution in [0.5, 0.6) is 0 Å². The average molecular weight is 231 g/mol. The van der Waals surface area contributed by atoms with Gasteiger partial charge in [0.1, 0.15) is 6.10 Å². The molecule has 2 atom stereocenters. The lowest BCUT2D eigenvalue weighted by Gasteiger charge is -2.25. The van der Waals surface area contributed by atoms with Crippen LogP contribution in [0.4, 0.5) is 0 Å². The van der Waals surface area contributed by atoms with Gasteiger partial charge in [0.15, 0.2) is 0 Å². The van der Waals surface area contributed by atoms with Gasteiger partial charge in [0.05, 0.1) is 25.9 Å². The van der Waals surface area contributed by atoms with E-state index in [9.17, 15) is 4.79 Å². The van der Waals surface area contributed by atoms with Crippen LogP contribution in [-0.4, -0.2) is 63.0 Å². The first kappa shape index (κ1) is 13.4. The van der Waals surface area contributed by atoms with Crippen LogP contribution in [0.3, 0.4) is 0 Å². The summed E-state index contributed by atoms with van der Waals surface area (Å²) < 4.78 is 15.8. The molecule has 1 saturated heterocycles. The van der Waals surface area contributed by atoms with Crippen LogP contribution < -0.4 is 0 Å². The molecule has 94 valence electrons. The Morgan fingerprint density at radius 3 is 2.75 bits per heavy atom. The van der Waals surface area contributed by atoms with Crippen LogP contribution in [0.15, 0.2) is 0 Å². The number of rotatable bonds is 8. The first-order valence-electron chi connectivity index (χ1n) is 5.65. The first-order chi connectivity index (χ1) is 7.67. The van der Waals surface area contributed by atoms with Crippen LogP contribution in [-0.2, 0) is 19.0 Å². The lowest BCUT2D eigenvalue weighted by Crippen LogP contribution is -2.39. The van der Waals surface area contributed by atoms with Crippen molar-refractivity contribution in [3.63, 3.8) is 0 Å². The molecule has 5 heteroatoms. The van der Waals surface area contributed by atoms with Crippen LogP contribution in [0.2, 0.25) is 0 Å². The minimum Gasteiger partial charge on any atom is -0.382 e. The number of amides is 1. The van der Waals surface area contributed by atoms with Crippen LogP contribution in [0.25, 0.3) is 0 Å². The van der Waals surface area contributed by atoms with E-state index in [1.165, 1.54) is 0 Å². The van der Waals surface area contributed by atoms with E-state index in [0.29, 0.717) is 26.3 Å². The highest BCUT2D eigenvalue weighted by Gasteiger charge is 2.25. The van der Waals surface area contributed by atoms with E-state index in [0.717, 1.165) is 6.61 Å². The van der Waals surface area contributed by atoms with Gasteiger partial charge in [-0.1, -0.05) is 0 Å². The first-order valence-corrected chi connectivity index (χ1v) is 5.65. The lowest BCUT2D eigenvalue weighted by atomic mass is 10.3. The van der Waals surface area contributed by atoms with Crippen molar-refractivity contribution in [1.29, 1.82) is 0 Å². The maximum Gasteiger partial charge on any atom is 0.219 e. The zero-order valence-electron chi connectivity index (χ0n) is 10.3. The van der Waals surface area contributed by atoms with E-state index in [4.69, 9.17) is 14.2 Å².